The van der Waals surface area contributed by atoms with Crippen molar-refractivity contribution in [2.75, 3.05) is 5.43 Å². The van der Waals surface area contributed by atoms with Crippen molar-refractivity contribution < 1.29 is 4.79 Å². The Labute approximate surface area is 110 Å². The lowest BCUT2D eigenvalue weighted by Crippen LogP contribution is -2.24. The lowest BCUT2D eigenvalue weighted by atomic mass is 10.1. The predicted molar refractivity (Wildman–Crippen MR) is 71.2 cm³/mol. The van der Waals surface area contributed by atoms with Crippen molar-refractivity contribution in [1.82, 2.24) is 20.1 Å². The lowest BCUT2D eigenvalue weighted by Gasteiger charge is -2.08. The molecule has 1 heterocycles. The van der Waals surface area contributed by atoms with E-state index in [-0.39, 0.29) is 5.91 Å². The molecule has 19 heavy (non-hydrogen) atoms. The minimum absolute atomic E-state index is 0.158. The van der Waals surface area contributed by atoms with Crippen LogP contribution in [0.5, 0.6) is 0 Å². The highest BCUT2D eigenvalue weighted by Crippen LogP contribution is 2.15. The zero-order chi connectivity index (χ0) is 13.8. The first-order chi connectivity index (χ1) is 9.11. The van der Waals surface area contributed by atoms with E-state index in [0.717, 1.165) is 11.3 Å². The van der Waals surface area contributed by atoms with Gasteiger partial charge >= 0.3 is 0 Å². The Hall–Kier alpha value is -2.41. The van der Waals surface area contributed by atoms with E-state index < -0.39 is 0 Å². The number of hydrogen-bond donors (Lipinski definition) is 3. The summed E-state index contributed by atoms with van der Waals surface area (Å²) in [5, 5.41) is 10.4. The first kappa shape index (κ1) is 13.0. The first-order valence-electron chi connectivity index (χ1n) is 5.80. The van der Waals surface area contributed by atoms with Gasteiger partial charge in [0, 0.05) is 12.6 Å². The fraction of sp³-hybridized carbons (Fsp3) is 0.250. The molecule has 0 saturated carbocycles. The van der Waals surface area contributed by atoms with E-state index in [1.54, 1.807) is 29.1 Å². The van der Waals surface area contributed by atoms with Crippen LogP contribution < -0.4 is 16.6 Å². The summed E-state index contributed by atoms with van der Waals surface area (Å²) in [6, 6.07) is 5.27. The van der Waals surface area contributed by atoms with Gasteiger partial charge in [0.2, 0.25) is 0 Å². The van der Waals surface area contributed by atoms with E-state index in [1.807, 2.05) is 14.0 Å². The molecule has 0 fully saturated rings. The SMILES string of the molecule is Cc1cc(C(=O)NCc2nncn2C)ccc1NN. The molecule has 0 spiro atoms. The van der Waals surface area contributed by atoms with Gasteiger partial charge in [-0.3, -0.25) is 10.6 Å². The van der Waals surface area contributed by atoms with Crippen molar-refractivity contribution in [3.05, 3.63) is 41.5 Å². The van der Waals surface area contributed by atoms with Gasteiger partial charge < -0.3 is 15.3 Å². The van der Waals surface area contributed by atoms with Gasteiger partial charge in [0.05, 0.1) is 12.2 Å². The van der Waals surface area contributed by atoms with Gasteiger partial charge in [0.1, 0.15) is 6.33 Å². The summed E-state index contributed by atoms with van der Waals surface area (Å²) in [5.41, 5.74) is 4.86. The molecule has 100 valence electrons. The third kappa shape index (κ3) is 2.89. The number of anilines is 1. The van der Waals surface area contributed by atoms with Crippen molar-refractivity contribution in [1.29, 1.82) is 0 Å². The quantitative estimate of drug-likeness (QED) is 0.544. The standard InChI is InChI=1S/C12H16N6O/c1-8-5-9(3-4-10(8)16-13)12(19)14-6-11-17-15-7-18(11)2/h3-5,7,16H,6,13H2,1-2H3,(H,14,19). The van der Waals surface area contributed by atoms with Gasteiger partial charge in [0.15, 0.2) is 5.82 Å². The van der Waals surface area contributed by atoms with Crippen LogP contribution in [0, 0.1) is 6.92 Å². The second-order valence-electron chi connectivity index (χ2n) is 4.21. The van der Waals surface area contributed by atoms with Crippen molar-refractivity contribution >= 4 is 11.6 Å². The van der Waals surface area contributed by atoms with Gasteiger partial charge in [-0.2, -0.15) is 0 Å². The Bertz CT molecular complexity index is 592. The monoisotopic (exact) mass is 260 g/mol. The molecule has 1 aromatic heterocycles. The number of hydrazine groups is 1. The van der Waals surface area contributed by atoms with Crippen LogP contribution >= 0.6 is 0 Å². The summed E-state index contributed by atoms with van der Waals surface area (Å²) < 4.78 is 1.76. The van der Waals surface area contributed by atoms with Crippen LogP contribution in [0.4, 0.5) is 5.69 Å². The molecule has 0 aliphatic heterocycles. The number of carbonyl (C=O) groups excluding carboxylic acids is 1. The van der Waals surface area contributed by atoms with Crippen LogP contribution in [0.1, 0.15) is 21.7 Å². The minimum atomic E-state index is -0.158. The highest BCUT2D eigenvalue weighted by Gasteiger charge is 2.08. The Morgan fingerprint density at radius 1 is 1.47 bits per heavy atom. The third-order valence-electron chi connectivity index (χ3n) is 2.86. The molecule has 0 saturated heterocycles. The average molecular weight is 260 g/mol. The van der Waals surface area contributed by atoms with Crippen molar-refractivity contribution in [3.8, 4) is 0 Å². The first-order valence-corrected chi connectivity index (χ1v) is 5.80. The molecule has 0 bridgehead atoms. The number of rotatable bonds is 4. The number of amides is 1. The van der Waals surface area contributed by atoms with Gasteiger partial charge in [-0.15, -0.1) is 10.2 Å². The maximum atomic E-state index is 12.0. The molecule has 1 amide bonds. The van der Waals surface area contributed by atoms with E-state index in [0.29, 0.717) is 17.9 Å². The molecule has 0 aliphatic carbocycles. The molecular weight excluding hydrogens is 244 g/mol. The van der Waals surface area contributed by atoms with E-state index in [9.17, 15) is 4.79 Å². The number of nitrogens with zero attached hydrogens (tertiary/aromatic N) is 3. The van der Waals surface area contributed by atoms with Crippen LogP contribution in [0.15, 0.2) is 24.5 Å². The third-order valence-corrected chi connectivity index (χ3v) is 2.86. The molecule has 7 heteroatoms. The summed E-state index contributed by atoms with van der Waals surface area (Å²) in [6.07, 6.45) is 1.59. The summed E-state index contributed by atoms with van der Waals surface area (Å²) >= 11 is 0. The van der Waals surface area contributed by atoms with Gasteiger partial charge in [-0.1, -0.05) is 0 Å². The van der Waals surface area contributed by atoms with Crippen LogP contribution in [0.2, 0.25) is 0 Å². The van der Waals surface area contributed by atoms with Crippen LogP contribution in [-0.2, 0) is 13.6 Å². The molecule has 0 atom stereocenters. The number of nitrogens with one attached hydrogen (secondary N) is 2. The van der Waals surface area contributed by atoms with E-state index in [4.69, 9.17) is 5.84 Å². The summed E-state index contributed by atoms with van der Waals surface area (Å²) in [7, 11) is 1.83. The number of benzene rings is 1. The topological polar surface area (TPSA) is 97.9 Å². The summed E-state index contributed by atoms with van der Waals surface area (Å²) in [5.74, 6) is 5.89. The number of aryl methyl sites for hydroxylation is 2. The number of nitrogens with two attached hydrogens (primary N) is 1. The maximum absolute atomic E-state index is 12.0. The van der Waals surface area contributed by atoms with Crippen LogP contribution in [0.25, 0.3) is 0 Å². The van der Waals surface area contributed by atoms with Gasteiger partial charge in [-0.05, 0) is 30.7 Å². The smallest absolute Gasteiger partial charge is 0.251 e. The van der Waals surface area contributed by atoms with Gasteiger partial charge in [0.25, 0.3) is 5.91 Å². The van der Waals surface area contributed by atoms with Crippen molar-refractivity contribution in [2.45, 2.75) is 13.5 Å². The van der Waals surface area contributed by atoms with E-state index >= 15 is 0 Å². The minimum Gasteiger partial charge on any atom is -0.345 e. The molecule has 0 radical (unpaired) electrons. The molecule has 0 aliphatic rings. The molecule has 4 N–H and O–H groups in total. The zero-order valence-corrected chi connectivity index (χ0v) is 10.8. The fourth-order valence-electron chi connectivity index (χ4n) is 1.70. The highest BCUT2D eigenvalue weighted by atomic mass is 16.1. The second kappa shape index (κ2) is 5.49. The normalized spacial score (nSPS) is 10.3. The largest absolute Gasteiger partial charge is 0.345 e. The zero-order valence-electron chi connectivity index (χ0n) is 10.8. The Morgan fingerprint density at radius 3 is 2.84 bits per heavy atom. The summed E-state index contributed by atoms with van der Waals surface area (Å²) in [4.78, 5) is 12.0. The van der Waals surface area contributed by atoms with Crippen LogP contribution in [0.3, 0.4) is 0 Å². The average Bonchev–Trinajstić information content (AvgIpc) is 2.81. The number of nitrogen functional groups attached to an aromatic ring is 1. The van der Waals surface area contributed by atoms with Crippen LogP contribution in [-0.4, -0.2) is 20.7 Å². The Morgan fingerprint density at radius 2 is 2.26 bits per heavy atom. The molecule has 2 rings (SSSR count). The maximum Gasteiger partial charge on any atom is 0.251 e. The van der Waals surface area contributed by atoms with Gasteiger partial charge in [-0.25, -0.2) is 0 Å². The van der Waals surface area contributed by atoms with Crippen molar-refractivity contribution in [2.24, 2.45) is 12.9 Å². The molecule has 1 aromatic carbocycles. The predicted octanol–water partition coefficient (Wildman–Crippen LogP) is 0.339. The second-order valence-corrected chi connectivity index (χ2v) is 4.21. The van der Waals surface area contributed by atoms with E-state index in [2.05, 4.69) is 20.9 Å². The number of aromatic nitrogens is 3. The molecular formula is C12H16N6O. The number of carbonyl (C=O) groups is 1. The lowest BCUT2D eigenvalue weighted by molar-refractivity contribution is 0.0949. The fourth-order valence-corrected chi connectivity index (χ4v) is 1.70. The van der Waals surface area contributed by atoms with E-state index in [1.165, 1.54) is 0 Å². The van der Waals surface area contributed by atoms with Crippen molar-refractivity contribution in [3.63, 3.8) is 0 Å². The molecule has 0 unspecified atom stereocenters. The Kier molecular flexibility index (Phi) is 3.76. The highest BCUT2D eigenvalue weighted by molar-refractivity contribution is 5.94. The molecule has 2 aromatic rings. The molecule has 7 nitrogen and oxygen atoms in total. The Balaban J connectivity index is 2.04. The summed E-state index contributed by atoms with van der Waals surface area (Å²) in [6.45, 7) is 2.22. The number of hydrogen-bond acceptors (Lipinski definition) is 5.